The van der Waals surface area contributed by atoms with Crippen molar-refractivity contribution in [2.45, 2.75) is 12.5 Å². The molecule has 2 aliphatic rings. The Morgan fingerprint density at radius 1 is 1.22 bits per heavy atom. The monoisotopic (exact) mass is 277 g/mol. The number of rotatable bonds is 3. The molecule has 0 bridgehead atoms. The molecule has 0 aromatic rings. The van der Waals surface area contributed by atoms with E-state index in [0.717, 1.165) is 0 Å². The summed E-state index contributed by atoms with van der Waals surface area (Å²) in [5.41, 5.74) is 0. The van der Waals surface area contributed by atoms with E-state index in [9.17, 15) is 13.2 Å². The summed E-state index contributed by atoms with van der Waals surface area (Å²) in [5.74, 6) is -0.182. The van der Waals surface area contributed by atoms with Gasteiger partial charge in [-0.3, -0.25) is 9.69 Å². The summed E-state index contributed by atoms with van der Waals surface area (Å²) in [4.78, 5) is 13.5. The van der Waals surface area contributed by atoms with Crippen molar-refractivity contribution in [3.8, 4) is 0 Å². The van der Waals surface area contributed by atoms with Gasteiger partial charge in [-0.1, -0.05) is 0 Å². The molecule has 104 valence electrons. The second kappa shape index (κ2) is 5.12. The zero-order chi connectivity index (χ0) is 13.3. The Balaban J connectivity index is 1.94. The highest BCUT2D eigenvalue weighted by Gasteiger charge is 2.36. The van der Waals surface area contributed by atoms with Crippen LogP contribution in [0.15, 0.2) is 0 Å². The molecule has 0 aliphatic carbocycles. The lowest BCUT2D eigenvalue weighted by Crippen LogP contribution is -2.54. The number of piperazine rings is 1. The van der Waals surface area contributed by atoms with Gasteiger partial charge >= 0.3 is 5.97 Å². The van der Waals surface area contributed by atoms with Crippen molar-refractivity contribution in [1.82, 2.24) is 13.5 Å². The fraction of sp³-hybridized carbons (Fsp3) is 0.900. The van der Waals surface area contributed by atoms with Crippen LogP contribution in [0.25, 0.3) is 0 Å². The summed E-state index contributed by atoms with van der Waals surface area (Å²) in [5, 5.41) is 0. The molecule has 2 heterocycles. The topological polar surface area (TPSA) is 70.2 Å². The van der Waals surface area contributed by atoms with Gasteiger partial charge < -0.3 is 4.74 Å². The Labute approximate surface area is 107 Å². The molecule has 0 radical (unpaired) electrons. The highest BCUT2D eigenvalue weighted by Crippen LogP contribution is 2.17. The fourth-order valence-corrected chi connectivity index (χ4v) is 3.38. The van der Waals surface area contributed by atoms with Crippen LogP contribution in [0.3, 0.4) is 0 Å². The average Bonchev–Trinajstić information content (AvgIpc) is 2.75. The van der Waals surface area contributed by atoms with Crippen molar-refractivity contribution in [1.29, 1.82) is 0 Å². The number of hydrogen-bond donors (Lipinski definition) is 0. The van der Waals surface area contributed by atoms with Crippen molar-refractivity contribution >= 4 is 16.2 Å². The number of hydrogen-bond acceptors (Lipinski definition) is 5. The summed E-state index contributed by atoms with van der Waals surface area (Å²) in [6, 6.07) is -0.186. The van der Waals surface area contributed by atoms with Crippen molar-refractivity contribution in [2.24, 2.45) is 0 Å². The maximum atomic E-state index is 11.9. The molecule has 7 nitrogen and oxygen atoms in total. The summed E-state index contributed by atoms with van der Waals surface area (Å²) >= 11 is 0. The van der Waals surface area contributed by atoms with Gasteiger partial charge in [0.1, 0.15) is 6.04 Å². The van der Waals surface area contributed by atoms with Gasteiger partial charge in [0.05, 0.1) is 6.61 Å². The van der Waals surface area contributed by atoms with E-state index in [-0.39, 0.29) is 12.0 Å². The second-order valence-corrected chi connectivity index (χ2v) is 6.84. The molecule has 2 fully saturated rings. The molecule has 0 saturated carbocycles. The van der Waals surface area contributed by atoms with Crippen LogP contribution in [0.2, 0.25) is 0 Å². The third-order valence-electron chi connectivity index (χ3n) is 3.41. The molecular formula is C10H19N3O4S. The van der Waals surface area contributed by atoms with Crippen LogP contribution in [0.1, 0.15) is 6.42 Å². The van der Waals surface area contributed by atoms with E-state index in [1.807, 2.05) is 4.90 Å². The van der Waals surface area contributed by atoms with Gasteiger partial charge in [0, 0.05) is 46.7 Å². The van der Waals surface area contributed by atoms with Crippen molar-refractivity contribution in [2.75, 3.05) is 46.9 Å². The van der Waals surface area contributed by atoms with Crippen LogP contribution in [-0.4, -0.2) is 80.8 Å². The van der Waals surface area contributed by atoms with Crippen molar-refractivity contribution in [3.63, 3.8) is 0 Å². The van der Waals surface area contributed by atoms with E-state index >= 15 is 0 Å². The maximum absolute atomic E-state index is 11.9. The van der Waals surface area contributed by atoms with E-state index in [2.05, 4.69) is 0 Å². The maximum Gasteiger partial charge on any atom is 0.323 e. The molecule has 0 unspecified atom stereocenters. The van der Waals surface area contributed by atoms with Gasteiger partial charge in [0.15, 0.2) is 0 Å². The van der Waals surface area contributed by atoms with Crippen LogP contribution in [0, 0.1) is 0 Å². The quantitative estimate of drug-likeness (QED) is 0.601. The number of carbonyl (C=O) groups excluding carboxylic acids is 1. The van der Waals surface area contributed by atoms with Gasteiger partial charge in [-0.2, -0.15) is 17.0 Å². The standard InChI is InChI=1S/C10H19N3O4S/c1-11(2)18(15,16)13-6-4-12(5-7-13)9-3-8-17-10(9)14/h9H,3-8H2,1-2H3/t9-/m0/s1. The Kier molecular flexibility index (Phi) is 3.90. The molecule has 1 atom stereocenters. The first kappa shape index (κ1) is 13.7. The minimum Gasteiger partial charge on any atom is -0.464 e. The van der Waals surface area contributed by atoms with Crippen LogP contribution < -0.4 is 0 Å². The third-order valence-corrected chi connectivity index (χ3v) is 5.35. The van der Waals surface area contributed by atoms with Crippen molar-refractivity contribution in [3.05, 3.63) is 0 Å². The smallest absolute Gasteiger partial charge is 0.323 e. The molecule has 2 rings (SSSR count). The molecule has 0 N–H and O–H groups in total. The lowest BCUT2D eigenvalue weighted by atomic mass is 10.2. The second-order valence-electron chi connectivity index (χ2n) is 4.70. The predicted molar refractivity (Wildman–Crippen MR) is 65.1 cm³/mol. The molecule has 2 saturated heterocycles. The van der Waals surface area contributed by atoms with Crippen LogP contribution >= 0.6 is 0 Å². The summed E-state index contributed by atoms with van der Waals surface area (Å²) < 4.78 is 31.4. The Morgan fingerprint density at radius 2 is 1.83 bits per heavy atom. The summed E-state index contributed by atoms with van der Waals surface area (Å²) in [6.45, 7) is 2.47. The number of cyclic esters (lactones) is 1. The van der Waals surface area contributed by atoms with Crippen LogP contribution in [0.4, 0.5) is 0 Å². The average molecular weight is 277 g/mol. The first-order valence-electron chi connectivity index (χ1n) is 6.01. The largest absolute Gasteiger partial charge is 0.464 e. The van der Waals surface area contributed by atoms with E-state index in [4.69, 9.17) is 4.74 Å². The Bertz CT molecular complexity index is 415. The predicted octanol–water partition coefficient (Wildman–Crippen LogP) is -1.27. The van der Waals surface area contributed by atoms with E-state index in [1.54, 1.807) is 0 Å². The number of esters is 1. The molecular weight excluding hydrogens is 258 g/mol. The number of nitrogens with zero attached hydrogens (tertiary/aromatic N) is 3. The lowest BCUT2D eigenvalue weighted by molar-refractivity contribution is -0.142. The number of carbonyl (C=O) groups is 1. The molecule has 18 heavy (non-hydrogen) atoms. The fourth-order valence-electron chi connectivity index (χ4n) is 2.29. The van der Waals surface area contributed by atoms with Crippen LogP contribution in [0.5, 0.6) is 0 Å². The minimum absolute atomic E-state index is 0.182. The van der Waals surface area contributed by atoms with Gasteiger partial charge in [-0.05, 0) is 0 Å². The highest BCUT2D eigenvalue weighted by atomic mass is 32.2. The van der Waals surface area contributed by atoms with E-state index in [1.165, 1.54) is 22.7 Å². The first-order valence-corrected chi connectivity index (χ1v) is 7.41. The first-order chi connectivity index (χ1) is 8.43. The minimum atomic E-state index is -3.34. The van der Waals surface area contributed by atoms with Gasteiger partial charge in [0.25, 0.3) is 10.2 Å². The Hall–Kier alpha value is -0.700. The van der Waals surface area contributed by atoms with Gasteiger partial charge in [-0.25, -0.2) is 0 Å². The molecule has 2 aliphatic heterocycles. The Morgan fingerprint density at radius 3 is 2.28 bits per heavy atom. The van der Waals surface area contributed by atoms with Crippen LogP contribution in [-0.2, 0) is 19.7 Å². The zero-order valence-corrected chi connectivity index (χ0v) is 11.5. The molecule has 0 spiro atoms. The molecule has 0 aromatic carbocycles. The molecule has 8 heteroatoms. The third kappa shape index (κ3) is 2.51. The zero-order valence-electron chi connectivity index (χ0n) is 10.7. The summed E-state index contributed by atoms with van der Waals surface area (Å²) in [6.07, 6.45) is 0.708. The number of ether oxygens (including phenoxy) is 1. The highest BCUT2D eigenvalue weighted by molar-refractivity contribution is 7.86. The summed E-state index contributed by atoms with van der Waals surface area (Å²) in [7, 11) is -0.289. The van der Waals surface area contributed by atoms with Gasteiger partial charge in [0.2, 0.25) is 0 Å². The van der Waals surface area contributed by atoms with E-state index in [0.29, 0.717) is 39.2 Å². The molecule has 0 amide bonds. The normalized spacial score (nSPS) is 27.7. The van der Waals surface area contributed by atoms with Gasteiger partial charge in [-0.15, -0.1) is 0 Å². The van der Waals surface area contributed by atoms with Crippen molar-refractivity contribution < 1.29 is 17.9 Å². The molecule has 0 aromatic heterocycles. The lowest BCUT2D eigenvalue weighted by Gasteiger charge is -2.36. The SMILES string of the molecule is CN(C)S(=O)(=O)N1CCN([C@H]2CCOC2=O)CC1. The van der Waals surface area contributed by atoms with E-state index < -0.39 is 10.2 Å².